The normalized spacial score (nSPS) is 11.2. The summed E-state index contributed by atoms with van der Waals surface area (Å²) in [6.07, 6.45) is 18.3. The van der Waals surface area contributed by atoms with Crippen LogP contribution in [-0.4, -0.2) is 12.6 Å². The van der Waals surface area contributed by atoms with Crippen molar-refractivity contribution in [3.05, 3.63) is 37.0 Å². The molecule has 0 heterocycles. The van der Waals surface area contributed by atoms with E-state index < -0.39 is 0 Å². The van der Waals surface area contributed by atoms with Crippen LogP contribution in [0.2, 0.25) is 0 Å². The molecule has 0 bridgehead atoms. The number of ether oxygens (including phenoxy) is 1. The molecule has 0 radical (unpaired) electrons. The van der Waals surface area contributed by atoms with Gasteiger partial charge >= 0.3 is 5.97 Å². The van der Waals surface area contributed by atoms with Gasteiger partial charge in [-0.05, 0) is 19.3 Å². The zero-order valence-corrected chi connectivity index (χ0v) is 11.6. The molecule has 0 rings (SSSR count). The molecular weight excluding hydrogens is 224 g/mol. The fourth-order valence-electron chi connectivity index (χ4n) is 1.60. The average molecular weight is 250 g/mol. The second kappa shape index (κ2) is 13.8. The smallest absolute Gasteiger partial charge is 0.302 e. The maximum atomic E-state index is 10.5. The van der Waals surface area contributed by atoms with Crippen LogP contribution in [0.3, 0.4) is 0 Å². The van der Waals surface area contributed by atoms with Gasteiger partial charge in [0.05, 0.1) is 6.61 Å². The maximum Gasteiger partial charge on any atom is 0.302 e. The van der Waals surface area contributed by atoms with E-state index in [1.54, 1.807) is 6.08 Å². The van der Waals surface area contributed by atoms with Crippen molar-refractivity contribution in [2.24, 2.45) is 0 Å². The molecule has 0 aromatic carbocycles. The average Bonchev–Trinajstić information content (AvgIpc) is 2.34. The van der Waals surface area contributed by atoms with Crippen LogP contribution in [0.5, 0.6) is 0 Å². The van der Waals surface area contributed by atoms with E-state index in [-0.39, 0.29) is 5.97 Å². The number of esters is 1. The van der Waals surface area contributed by atoms with Crippen molar-refractivity contribution in [2.45, 2.75) is 51.9 Å². The van der Waals surface area contributed by atoms with Crippen LogP contribution < -0.4 is 0 Å². The molecule has 0 aliphatic heterocycles. The summed E-state index contributed by atoms with van der Waals surface area (Å²) < 4.78 is 4.87. The van der Waals surface area contributed by atoms with Crippen LogP contribution in [0.25, 0.3) is 0 Å². The quantitative estimate of drug-likeness (QED) is 0.305. The SMILES string of the molecule is C=C/C=C/C=C\CCCCCCCCOC(C)=O. The van der Waals surface area contributed by atoms with E-state index in [1.165, 1.54) is 32.6 Å². The Bertz CT molecular complexity index is 264. The van der Waals surface area contributed by atoms with Gasteiger partial charge in [0.2, 0.25) is 0 Å². The van der Waals surface area contributed by atoms with Crippen molar-refractivity contribution in [3.8, 4) is 0 Å². The lowest BCUT2D eigenvalue weighted by Gasteiger charge is -2.01. The van der Waals surface area contributed by atoms with Crippen LogP contribution in [0.4, 0.5) is 0 Å². The van der Waals surface area contributed by atoms with Crippen molar-refractivity contribution >= 4 is 5.97 Å². The second-order valence-electron chi connectivity index (χ2n) is 4.30. The number of carbonyl (C=O) groups excluding carboxylic acids is 1. The van der Waals surface area contributed by atoms with E-state index in [2.05, 4.69) is 18.7 Å². The van der Waals surface area contributed by atoms with E-state index >= 15 is 0 Å². The molecule has 0 fully saturated rings. The maximum absolute atomic E-state index is 10.5. The zero-order chi connectivity index (χ0) is 13.5. The van der Waals surface area contributed by atoms with Gasteiger partial charge in [-0.2, -0.15) is 0 Å². The standard InChI is InChI=1S/C16H26O2/c1-3-4-5-6-7-8-9-10-11-12-13-14-15-18-16(2)17/h3-7H,1,8-15H2,2H3/b5-4+,7-6-. The lowest BCUT2D eigenvalue weighted by molar-refractivity contribution is -0.141. The van der Waals surface area contributed by atoms with E-state index in [4.69, 9.17) is 4.74 Å². The van der Waals surface area contributed by atoms with Crippen molar-refractivity contribution < 1.29 is 9.53 Å². The van der Waals surface area contributed by atoms with Crippen molar-refractivity contribution in [3.63, 3.8) is 0 Å². The van der Waals surface area contributed by atoms with Gasteiger partial charge in [-0.3, -0.25) is 4.79 Å². The van der Waals surface area contributed by atoms with Crippen molar-refractivity contribution in [2.75, 3.05) is 6.61 Å². The highest BCUT2D eigenvalue weighted by Gasteiger charge is 1.93. The topological polar surface area (TPSA) is 26.3 Å². The molecule has 2 nitrogen and oxygen atoms in total. The van der Waals surface area contributed by atoms with Crippen LogP contribution in [0.1, 0.15) is 51.9 Å². The number of allylic oxidation sites excluding steroid dienone is 5. The fraction of sp³-hybridized carbons (Fsp3) is 0.562. The third-order valence-corrected chi connectivity index (χ3v) is 2.56. The summed E-state index contributed by atoms with van der Waals surface area (Å²) in [6, 6.07) is 0. The molecule has 0 aromatic rings. The highest BCUT2D eigenvalue weighted by molar-refractivity contribution is 5.65. The molecule has 2 heteroatoms. The lowest BCUT2D eigenvalue weighted by atomic mass is 10.1. The molecule has 0 atom stereocenters. The molecule has 0 saturated heterocycles. The third kappa shape index (κ3) is 14.7. The molecule has 18 heavy (non-hydrogen) atoms. The first kappa shape index (κ1) is 16.7. The number of carbonyl (C=O) groups is 1. The van der Waals surface area contributed by atoms with Gasteiger partial charge in [0.25, 0.3) is 0 Å². The summed E-state index contributed by atoms with van der Waals surface area (Å²) in [6.45, 7) is 5.64. The minimum Gasteiger partial charge on any atom is -0.466 e. The number of rotatable bonds is 11. The molecule has 0 unspecified atom stereocenters. The van der Waals surface area contributed by atoms with E-state index in [9.17, 15) is 4.79 Å². The Labute approximate surface area is 111 Å². The number of hydrogen-bond donors (Lipinski definition) is 0. The Morgan fingerprint density at radius 2 is 1.67 bits per heavy atom. The Hall–Kier alpha value is -1.31. The largest absolute Gasteiger partial charge is 0.466 e. The van der Waals surface area contributed by atoms with Gasteiger partial charge < -0.3 is 4.74 Å². The molecular formula is C16H26O2. The number of hydrogen-bond acceptors (Lipinski definition) is 2. The molecule has 0 spiro atoms. The third-order valence-electron chi connectivity index (χ3n) is 2.56. The van der Waals surface area contributed by atoms with Gasteiger partial charge in [-0.15, -0.1) is 0 Å². The van der Waals surface area contributed by atoms with Gasteiger partial charge in [-0.25, -0.2) is 0 Å². The summed E-state index contributed by atoms with van der Waals surface area (Å²) >= 11 is 0. The summed E-state index contributed by atoms with van der Waals surface area (Å²) in [7, 11) is 0. The Morgan fingerprint density at radius 1 is 1.00 bits per heavy atom. The predicted molar refractivity (Wildman–Crippen MR) is 77.4 cm³/mol. The molecule has 102 valence electrons. The van der Waals surface area contributed by atoms with Gasteiger partial charge in [-0.1, -0.05) is 62.6 Å². The Morgan fingerprint density at radius 3 is 2.33 bits per heavy atom. The molecule has 0 amide bonds. The van der Waals surface area contributed by atoms with Gasteiger partial charge in [0.15, 0.2) is 0 Å². The lowest BCUT2D eigenvalue weighted by Crippen LogP contribution is -1.99. The molecule has 0 aromatic heterocycles. The summed E-state index contributed by atoms with van der Waals surface area (Å²) in [5.74, 6) is -0.174. The highest BCUT2D eigenvalue weighted by Crippen LogP contribution is 2.07. The second-order valence-corrected chi connectivity index (χ2v) is 4.30. The fourth-order valence-corrected chi connectivity index (χ4v) is 1.60. The van der Waals surface area contributed by atoms with Crippen molar-refractivity contribution in [1.82, 2.24) is 0 Å². The zero-order valence-electron chi connectivity index (χ0n) is 11.6. The first-order valence-electron chi connectivity index (χ1n) is 6.85. The van der Waals surface area contributed by atoms with E-state index in [1.807, 2.05) is 12.2 Å². The molecule has 0 aliphatic carbocycles. The van der Waals surface area contributed by atoms with Crippen LogP contribution in [0, 0.1) is 0 Å². The van der Waals surface area contributed by atoms with Gasteiger partial charge in [0, 0.05) is 6.92 Å². The highest BCUT2D eigenvalue weighted by atomic mass is 16.5. The summed E-state index contributed by atoms with van der Waals surface area (Å²) in [4.78, 5) is 10.5. The monoisotopic (exact) mass is 250 g/mol. The van der Waals surface area contributed by atoms with E-state index in [0.717, 1.165) is 19.3 Å². The minimum atomic E-state index is -0.174. The van der Waals surface area contributed by atoms with Crippen LogP contribution in [-0.2, 0) is 9.53 Å². The minimum absolute atomic E-state index is 0.174. The number of unbranched alkanes of at least 4 members (excludes halogenated alkanes) is 6. The summed E-state index contributed by atoms with van der Waals surface area (Å²) in [5, 5.41) is 0. The molecule has 0 saturated carbocycles. The first-order valence-corrected chi connectivity index (χ1v) is 6.85. The van der Waals surface area contributed by atoms with Gasteiger partial charge in [0.1, 0.15) is 0 Å². The summed E-state index contributed by atoms with van der Waals surface area (Å²) in [5.41, 5.74) is 0. The van der Waals surface area contributed by atoms with Crippen molar-refractivity contribution in [1.29, 1.82) is 0 Å². The first-order chi connectivity index (χ1) is 8.77. The molecule has 0 N–H and O–H groups in total. The Balaban J connectivity index is 3.11. The van der Waals surface area contributed by atoms with Crippen LogP contribution in [0.15, 0.2) is 37.0 Å². The molecule has 0 aliphatic rings. The predicted octanol–water partition coefficient (Wildman–Crippen LogP) is 4.58. The van der Waals surface area contributed by atoms with Crippen LogP contribution >= 0.6 is 0 Å². The Kier molecular flexibility index (Phi) is 12.8. The van der Waals surface area contributed by atoms with E-state index in [0.29, 0.717) is 6.61 Å².